The molecule has 3 aromatic rings. The number of hydrogen-bond acceptors (Lipinski definition) is 5. The van der Waals surface area contributed by atoms with Crippen LogP contribution in [0.3, 0.4) is 0 Å². The monoisotopic (exact) mass is 365 g/mol. The molecule has 26 heavy (non-hydrogen) atoms. The summed E-state index contributed by atoms with van der Waals surface area (Å²) in [5.41, 5.74) is 5.44. The lowest BCUT2D eigenvalue weighted by Crippen LogP contribution is -2.30. The number of benzene rings is 2. The maximum Gasteiger partial charge on any atom is 0.339 e. The zero-order valence-corrected chi connectivity index (χ0v) is 15.3. The first kappa shape index (κ1) is 15.9. The average molecular weight is 365 g/mol. The van der Waals surface area contributed by atoms with E-state index in [2.05, 4.69) is 40.6 Å². The minimum absolute atomic E-state index is 0.235. The van der Waals surface area contributed by atoms with E-state index in [1.54, 1.807) is 18.4 Å². The fraction of sp³-hybridized carbons (Fsp3) is 0.286. The summed E-state index contributed by atoms with van der Waals surface area (Å²) in [4.78, 5) is 14.6. The molecule has 5 heteroatoms. The summed E-state index contributed by atoms with van der Waals surface area (Å²) in [6.07, 6.45) is 0.699. The van der Waals surface area contributed by atoms with Crippen LogP contribution in [0, 0.1) is 0 Å². The van der Waals surface area contributed by atoms with E-state index in [0.29, 0.717) is 12.2 Å². The van der Waals surface area contributed by atoms with E-state index in [9.17, 15) is 4.79 Å². The molecule has 0 spiro atoms. The van der Waals surface area contributed by atoms with Crippen molar-refractivity contribution in [2.45, 2.75) is 19.1 Å². The second kappa shape index (κ2) is 6.11. The number of esters is 1. The molecule has 5 rings (SSSR count). The largest absolute Gasteiger partial charge is 0.451 e. The normalized spacial score (nSPS) is 18.7. The van der Waals surface area contributed by atoms with Crippen molar-refractivity contribution in [3.8, 4) is 0 Å². The number of cyclic esters (lactones) is 1. The van der Waals surface area contributed by atoms with Gasteiger partial charge in [0.1, 0.15) is 0 Å². The van der Waals surface area contributed by atoms with Crippen LogP contribution >= 0.6 is 11.3 Å². The molecule has 2 aromatic carbocycles. The van der Waals surface area contributed by atoms with Crippen molar-refractivity contribution in [2.75, 3.05) is 25.2 Å². The molecule has 1 atom stereocenters. The Balaban J connectivity index is 1.47. The molecule has 0 saturated heterocycles. The summed E-state index contributed by atoms with van der Waals surface area (Å²) < 4.78 is 12.0. The molecule has 0 radical (unpaired) electrons. The smallest absolute Gasteiger partial charge is 0.339 e. The summed E-state index contributed by atoms with van der Waals surface area (Å²) in [7, 11) is 1.63. The van der Waals surface area contributed by atoms with E-state index in [0.717, 1.165) is 25.1 Å². The highest BCUT2D eigenvalue weighted by Gasteiger charge is 2.33. The molecular weight excluding hydrogens is 346 g/mol. The highest BCUT2D eigenvalue weighted by atomic mass is 32.1. The summed E-state index contributed by atoms with van der Waals surface area (Å²) in [5.74, 6) is -0.235. The number of anilines is 1. The van der Waals surface area contributed by atoms with Crippen molar-refractivity contribution in [1.29, 1.82) is 0 Å². The van der Waals surface area contributed by atoms with Crippen molar-refractivity contribution in [3.63, 3.8) is 0 Å². The molecule has 1 unspecified atom stereocenters. The molecule has 3 heterocycles. The number of carbonyl (C=O) groups excluding carboxylic acids is 1. The van der Waals surface area contributed by atoms with Crippen LogP contribution in [-0.4, -0.2) is 26.2 Å². The minimum atomic E-state index is -0.271. The van der Waals surface area contributed by atoms with Crippen molar-refractivity contribution < 1.29 is 14.3 Å². The molecular formula is C21H19NO3S. The van der Waals surface area contributed by atoms with Gasteiger partial charge >= 0.3 is 5.97 Å². The predicted molar refractivity (Wildman–Crippen MR) is 103 cm³/mol. The van der Waals surface area contributed by atoms with Gasteiger partial charge in [0.05, 0.1) is 12.2 Å². The van der Waals surface area contributed by atoms with Crippen LogP contribution in [0.15, 0.2) is 41.8 Å². The van der Waals surface area contributed by atoms with Crippen molar-refractivity contribution in [3.05, 3.63) is 64.0 Å². The zero-order valence-electron chi connectivity index (χ0n) is 14.5. The van der Waals surface area contributed by atoms with E-state index in [1.807, 2.05) is 6.07 Å². The van der Waals surface area contributed by atoms with Crippen LogP contribution < -0.4 is 4.90 Å². The zero-order chi connectivity index (χ0) is 17.7. The summed E-state index contributed by atoms with van der Waals surface area (Å²) in [6, 6.07) is 13.0. The Morgan fingerprint density at radius 3 is 3.04 bits per heavy atom. The molecule has 2 aliphatic heterocycles. The third-order valence-corrected chi connectivity index (χ3v) is 6.22. The van der Waals surface area contributed by atoms with E-state index in [1.165, 1.54) is 26.9 Å². The average Bonchev–Trinajstić information content (AvgIpc) is 3.24. The van der Waals surface area contributed by atoms with Gasteiger partial charge in [-0.1, -0.05) is 6.07 Å². The van der Waals surface area contributed by atoms with E-state index in [4.69, 9.17) is 9.47 Å². The van der Waals surface area contributed by atoms with E-state index in [-0.39, 0.29) is 12.1 Å². The highest BCUT2D eigenvalue weighted by Crippen LogP contribution is 2.36. The third kappa shape index (κ3) is 2.50. The molecule has 0 saturated carbocycles. The van der Waals surface area contributed by atoms with Gasteiger partial charge in [0.2, 0.25) is 0 Å². The van der Waals surface area contributed by atoms with Gasteiger partial charge in [-0.15, -0.1) is 11.3 Å². The molecule has 1 aromatic heterocycles. The number of methoxy groups -OCH3 is 1. The second-order valence-electron chi connectivity index (χ2n) is 6.87. The van der Waals surface area contributed by atoms with Crippen LogP contribution in [0.5, 0.6) is 0 Å². The standard InChI is InChI=1S/C21H19NO3S/c1-24-12-19-17-9-13-4-6-22(11-15(13)10-18(17)21(23)25-19)16-2-3-20-14(8-16)5-7-26-20/h2-3,5,7-10,19H,4,6,11-12H2,1H3. The lowest BCUT2D eigenvalue weighted by molar-refractivity contribution is 0.0152. The molecule has 0 bridgehead atoms. The topological polar surface area (TPSA) is 38.8 Å². The number of fused-ring (bicyclic) bond motifs is 3. The fourth-order valence-electron chi connectivity index (χ4n) is 3.97. The number of ether oxygens (including phenoxy) is 2. The lowest BCUT2D eigenvalue weighted by atomic mass is 9.92. The molecule has 0 aliphatic carbocycles. The molecule has 0 amide bonds. The van der Waals surface area contributed by atoms with Gasteiger partial charge in [-0.25, -0.2) is 4.79 Å². The third-order valence-electron chi connectivity index (χ3n) is 5.32. The molecule has 4 nitrogen and oxygen atoms in total. The first-order valence-corrected chi connectivity index (χ1v) is 9.69. The minimum Gasteiger partial charge on any atom is -0.451 e. The Bertz CT molecular complexity index is 1010. The fourth-order valence-corrected chi connectivity index (χ4v) is 4.74. The quantitative estimate of drug-likeness (QED) is 0.648. The first-order chi connectivity index (χ1) is 12.7. The van der Waals surface area contributed by atoms with Crippen LogP contribution in [0.25, 0.3) is 10.1 Å². The Hall–Kier alpha value is -2.37. The van der Waals surface area contributed by atoms with Crippen LogP contribution in [0.1, 0.15) is 33.2 Å². The summed E-state index contributed by atoms with van der Waals surface area (Å²) in [5, 5.41) is 3.42. The number of rotatable bonds is 3. The maximum absolute atomic E-state index is 12.2. The van der Waals surface area contributed by atoms with E-state index >= 15 is 0 Å². The van der Waals surface area contributed by atoms with Crippen LogP contribution in [0.2, 0.25) is 0 Å². The number of nitrogens with zero attached hydrogens (tertiary/aromatic N) is 1. The van der Waals surface area contributed by atoms with Gasteiger partial charge in [0, 0.05) is 36.2 Å². The van der Waals surface area contributed by atoms with Gasteiger partial charge in [0.25, 0.3) is 0 Å². The lowest BCUT2D eigenvalue weighted by Gasteiger charge is -2.31. The molecule has 0 fully saturated rings. The Morgan fingerprint density at radius 2 is 2.15 bits per heavy atom. The highest BCUT2D eigenvalue weighted by molar-refractivity contribution is 7.17. The van der Waals surface area contributed by atoms with E-state index < -0.39 is 0 Å². The Kier molecular flexibility index (Phi) is 3.72. The summed E-state index contributed by atoms with van der Waals surface area (Å²) >= 11 is 1.77. The van der Waals surface area contributed by atoms with Crippen LogP contribution in [0.4, 0.5) is 5.69 Å². The van der Waals surface area contributed by atoms with Crippen molar-refractivity contribution in [1.82, 2.24) is 0 Å². The number of hydrogen-bond donors (Lipinski definition) is 0. The van der Waals surface area contributed by atoms with Gasteiger partial charge < -0.3 is 14.4 Å². The van der Waals surface area contributed by atoms with Gasteiger partial charge in [-0.3, -0.25) is 0 Å². The Morgan fingerprint density at radius 1 is 1.23 bits per heavy atom. The molecule has 2 aliphatic rings. The number of carbonyl (C=O) groups is 1. The Labute approximate surface area is 156 Å². The SMILES string of the molecule is COCC1OC(=O)c2cc3c(cc21)CCN(c1ccc2sccc2c1)C3. The van der Waals surface area contributed by atoms with Gasteiger partial charge in [0.15, 0.2) is 6.10 Å². The maximum atomic E-state index is 12.2. The van der Waals surface area contributed by atoms with Crippen molar-refractivity contribution in [2.24, 2.45) is 0 Å². The second-order valence-corrected chi connectivity index (χ2v) is 7.82. The molecule has 132 valence electrons. The van der Waals surface area contributed by atoms with Crippen molar-refractivity contribution >= 4 is 33.1 Å². The van der Waals surface area contributed by atoms with Gasteiger partial charge in [-0.05, 0) is 58.6 Å². The first-order valence-electron chi connectivity index (χ1n) is 8.81. The van der Waals surface area contributed by atoms with Crippen LogP contribution in [-0.2, 0) is 22.4 Å². The van der Waals surface area contributed by atoms with Gasteiger partial charge in [-0.2, -0.15) is 0 Å². The number of thiophene rings is 1. The predicted octanol–water partition coefficient (Wildman–Crippen LogP) is 4.32. The molecule has 0 N–H and O–H groups in total. The summed E-state index contributed by atoms with van der Waals surface area (Å²) in [6.45, 7) is 2.20.